The van der Waals surface area contributed by atoms with Gasteiger partial charge in [-0.05, 0) is 48.2 Å². The highest BCUT2D eigenvalue weighted by molar-refractivity contribution is 7.90. The summed E-state index contributed by atoms with van der Waals surface area (Å²) in [5.74, 6) is 0.161. The van der Waals surface area contributed by atoms with Crippen LogP contribution in [0.15, 0.2) is 57.8 Å². The molecule has 9 heteroatoms. The number of sulfone groups is 1. The van der Waals surface area contributed by atoms with Crippen LogP contribution in [0.4, 0.5) is 6.01 Å². The quantitative estimate of drug-likeness (QED) is 0.593. The first-order valence-corrected chi connectivity index (χ1v) is 12.2. The molecule has 0 aliphatic heterocycles. The zero-order valence-corrected chi connectivity index (χ0v) is 18.5. The normalized spacial score (nSPS) is 15.7. The number of amides is 1. The molecule has 0 bridgehead atoms. The molecule has 1 saturated carbocycles. The highest BCUT2D eigenvalue weighted by atomic mass is 35.5. The van der Waals surface area contributed by atoms with E-state index in [9.17, 15) is 13.2 Å². The van der Waals surface area contributed by atoms with E-state index in [1.807, 2.05) is 12.1 Å². The van der Waals surface area contributed by atoms with Crippen molar-refractivity contribution in [1.29, 1.82) is 0 Å². The van der Waals surface area contributed by atoms with Gasteiger partial charge in [0.1, 0.15) is 0 Å². The number of hydrogen-bond acceptors (Lipinski definition) is 6. The Kier molecular flexibility index (Phi) is 5.85. The summed E-state index contributed by atoms with van der Waals surface area (Å²) in [4.78, 5) is 13.4. The average molecular weight is 460 g/mol. The second kappa shape index (κ2) is 8.43. The fourth-order valence-electron chi connectivity index (χ4n) is 4.02. The van der Waals surface area contributed by atoms with Crippen LogP contribution in [-0.4, -0.2) is 30.8 Å². The third-order valence-electron chi connectivity index (χ3n) is 5.68. The first-order chi connectivity index (χ1) is 14.8. The number of rotatable bonds is 6. The minimum Gasteiger partial charge on any atom is -0.407 e. The van der Waals surface area contributed by atoms with Crippen LogP contribution in [0.25, 0.3) is 0 Å². The molecule has 1 aliphatic carbocycles. The maximum Gasteiger partial charge on any atom is 0.322 e. The number of hydrogen-bond donors (Lipinski definition) is 1. The van der Waals surface area contributed by atoms with Gasteiger partial charge in [0.05, 0.1) is 16.7 Å². The molecule has 2 aromatic carbocycles. The van der Waals surface area contributed by atoms with Gasteiger partial charge >= 0.3 is 6.01 Å². The number of carbonyl (C=O) groups excluding carboxylic acids is 1. The molecule has 0 saturated heterocycles. The van der Waals surface area contributed by atoms with Crippen molar-refractivity contribution in [3.8, 4) is 0 Å². The van der Waals surface area contributed by atoms with Gasteiger partial charge in [-0.2, -0.15) is 0 Å². The standard InChI is InChI=1S/C22H22ClN3O4S/c1-31(28,29)18-10-4-15(5-11-18)14-19-25-26-21(30-19)24-20(27)22(12-2-3-13-22)16-6-8-17(23)9-7-16/h4-11H,2-3,12-14H2,1H3,(H,24,26,27). The van der Waals surface area contributed by atoms with Crippen molar-refractivity contribution >= 4 is 33.4 Å². The Morgan fingerprint density at radius 2 is 1.71 bits per heavy atom. The molecule has 0 spiro atoms. The minimum atomic E-state index is -3.25. The highest BCUT2D eigenvalue weighted by Gasteiger charge is 2.43. The topological polar surface area (TPSA) is 102 Å². The van der Waals surface area contributed by atoms with E-state index < -0.39 is 15.3 Å². The van der Waals surface area contributed by atoms with Gasteiger partial charge in [-0.3, -0.25) is 10.1 Å². The van der Waals surface area contributed by atoms with E-state index in [0.29, 0.717) is 17.3 Å². The lowest BCUT2D eigenvalue weighted by molar-refractivity contribution is -0.121. The Morgan fingerprint density at radius 1 is 1.06 bits per heavy atom. The second-order valence-electron chi connectivity index (χ2n) is 7.84. The van der Waals surface area contributed by atoms with Crippen molar-refractivity contribution in [3.63, 3.8) is 0 Å². The van der Waals surface area contributed by atoms with Crippen molar-refractivity contribution < 1.29 is 17.6 Å². The van der Waals surface area contributed by atoms with Crippen LogP contribution in [-0.2, 0) is 26.5 Å². The number of nitrogens with zero attached hydrogens (tertiary/aromatic N) is 2. The Balaban J connectivity index is 1.48. The van der Waals surface area contributed by atoms with Crippen LogP contribution in [0.1, 0.15) is 42.7 Å². The lowest BCUT2D eigenvalue weighted by Crippen LogP contribution is -2.38. The molecule has 0 radical (unpaired) electrons. The molecule has 1 amide bonds. The summed E-state index contributed by atoms with van der Waals surface area (Å²) in [5.41, 5.74) is 1.11. The molecule has 1 heterocycles. The monoisotopic (exact) mass is 459 g/mol. The van der Waals surface area contributed by atoms with Crippen molar-refractivity contribution in [1.82, 2.24) is 10.2 Å². The summed E-state index contributed by atoms with van der Waals surface area (Å²) in [6.45, 7) is 0. The fraction of sp³-hybridized carbons (Fsp3) is 0.318. The van der Waals surface area contributed by atoms with Gasteiger partial charge in [0, 0.05) is 11.3 Å². The van der Waals surface area contributed by atoms with E-state index in [2.05, 4.69) is 15.5 Å². The molecule has 3 aromatic rings. The Bertz CT molecular complexity index is 1180. The molecule has 31 heavy (non-hydrogen) atoms. The number of carbonyl (C=O) groups is 1. The Labute approximate surface area is 185 Å². The Hall–Kier alpha value is -2.71. The van der Waals surface area contributed by atoms with Crippen molar-refractivity contribution in [2.75, 3.05) is 11.6 Å². The van der Waals surface area contributed by atoms with Crippen LogP contribution in [0, 0.1) is 0 Å². The molecule has 1 aliphatic rings. The van der Waals surface area contributed by atoms with Gasteiger partial charge in [0.15, 0.2) is 9.84 Å². The summed E-state index contributed by atoms with van der Waals surface area (Å²) < 4.78 is 28.8. The summed E-state index contributed by atoms with van der Waals surface area (Å²) in [7, 11) is -3.25. The predicted octanol–water partition coefficient (Wildman–Crippen LogP) is 4.17. The lowest BCUT2D eigenvalue weighted by Gasteiger charge is -2.27. The van der Waals surface area contributed by atoms with E-state index in [-0.39, 0.29) is 16.8 Å². The summed E-state index contributed by atoms with van der Waals surface area (Å²) >= 11 is 6.01. The first-order valence-electron chi connectivity index (χ1n) is 9.95. The van der Waals surface area contributed by atoms with Gasteiger partial charge in [-0.1, -0.05) is 53.8 Å². The lowest BCUT2D eigenvalue weighted by atomic mass is 9.78. The van der Waals surface area contributed by atoms with Crippen LogP contribution >= 0.6 is 11.6 Å². The highest BCUT2D eigenvalue weighted by Crippen LogP contribution is 2.42. The Morgan fingerprint density at radius 3 is 2.32 bits per heavy atom. The van der Waals surface area contributed by atoms with E-state index in [4.69, 9.17) is 16.0 Å². The minimum absolute atomic E-state index is 0.0491. The van der Waals surface area contributed by atoms with Gasteiger partial charge in [-0.15, -0.1) is 5.10 Å². The molecular formula is C22H22ClN3O4S. The van der Waals surface area contributed by atoms with E-state index in [0.717, 1.165) is 43.1 Å². The molecule has 162 valence electrons. The number of benzene rings is 2. The predicted molar refractivity (Wildman–Crippen MR) is 117 cm³/mol. The number of aromatic nitrogens is 2. The second-order valence-corrected chi connectivity index (χ2v) is 10.3. The largest absolute Gasteiger partial charge is 0.407 e. The SMILES string of the molecule is CS(=O)(=O)c1ccc(Cc2nnc(NC(=O)C3(c4ccc(Cl)cc4)CCCC3)o2)cc1. The summed E-state index contributed by atoms with van der Waals surface area (Å²) in [5, 5.41) is 11.4. The molecule has 1 fully saturated rings. The molecule has 0 unspecified atom stereocenters. The van der Waals surface area contributed by atoms with E-state index in [1.165, 1.54) is 0 Å². The van der Waals surface area contributed by atoms with Crippen molar-refractivity contribution in [3.05, 3.63) is 70.6 Å². The van der Waals surface area contributed by atoms with Crippen LogP contribution < -0.4 is 5.32 Å². The van der Waals surface area contributed by atoms with E-state index in [1.54, 1.807) is 36.4 Å². The molecule has 7 nitrogen and oxygen atoms in total. The van der Waals surface area contributed by atoms with Gasteiger partial charge in [0.2, 0.25) is 11.8 Å². The third-order valence-corrected chi connectivity index (χ3v) is 7.06. The summed E-state index contributed by atoms with van der Waals surface area (Å²) in [6, 6.07) is 13.9. The third kappa shape index (κ3) is 4.65. The number of anilines is 1. The zero-order valence-electron chi connectivity index (χ0n) is 17.0. The van der Waals surface area contributed by atoms with Gasteiger partial charge in [0.25, 0.3) is 0 Å². The number of halogens is 1. The molecule has 1 N–H and O–H groups in total. The first kappa shape index (κ1) is 21.5. The van der Waals surface area contributed by atoms with E-state index >= 15 is 0 Å². The smallest absolute Gasteiger partial charge is 0.322 e. The van der Waals surface area contributed by atoms with Gasteiger partial charge in [-0.25, -0.2) is 8.42 Å². The van der Waals surface area contributed by atoms with Crippen LogP contribution in [0.3, 0.4) is 0 Å². The molecule has 0 atom stereocenters. The zero-order chi connectivity index (χ0) is 22.1. The van der Waals surface area contributed by atoms with Crippen LogP contribution in [0.2, 0.25) is 5.02 Å². The molecular weight excluding hydrogens is 438 g/mol. The van der Waals surface area contributed by atoms with Crippen LogP contribution in [0.5, 0.6) is 0 Å². The maximum atomic E-state index is 13.2. The molecule has 4 rings (SSSR count). The van der Waals surface area contributed by atoms with Gasteiger partial charge < -0.3 is 4.42 Å². The summed E-state index contributed by atoms with van der Waals surface area (Å²) in [6.07, 6.45) is 4.91. The number of nitrogens with one attached hydrogen (secondary N) is 1. The van der Waals surface area contributed by atoms with Crippen molar-refractivity contribution in [2.45, 2.75) is 42.4 Å². The maximum absolute atomic E-state index is 13.2. The van der Waals surface area contributed by atoms with Crippen molar-refractivity contribution in [2.24, 2.45) is 0 Å². The fourth-order valence-corrected chi connectivity index (χ4v) is 4.77. The average Bonchev–Trinajstić information content (AvgIpc) is 3.39. The molecule has 1 aromatic heterocycles.